The van der Waals surface area contributed by atoms with Gasteiger partial charge in [0.05, 0.1) is 17.2 Å². The van der Waals surface area contributed by atoms with E-state index in [0.717, 1.165) is 18.2 Å². The molecule has 1 rings (SSSR count). The van der Waals surface area contributed by atoms with E-state index in [0.29, 0.717) is 6.29 Å². The standard InChI is InChI=1S/C11H6F3NO/c12-11(13,14)10-5-8(2-1-3-16)4-9(6-10)7-15/h1-6H. The molecule has 0 aliphatic rings. The Labute approximate surface area is 89.6 Å². The Hall–Kier alpha value is -2.09. The molecule has 0 saturated carbocycles. The number of halogens is 3. The molecule has 0 heterocycles. The van der Waals surface area contributed by atoms with Gasteiger partial charge in [0.2, 0.25) is 0 Å². The van der Waals surface area contributed by atoms with Gasteiger partial charge in [0.25, 0.3) is 0 Å². The highest BCUT2D eigenvalue weighted by Gasteiger charge is 2.30. The van der Waals surface area contributed by atoms with Crippen LogP contribution >= 0.6 is 0 Å². The SMILES string of the molecule is N#Cc1cc(C=CC=O)cc(C(F)(F)F)c1. The molecule has 0 aliphatic carbocycles. The maximum Gasteiger partial charge on any atom is 0.416 e. The van der Waals surface area contributed by atoms with Crippen molar-refractivity contribution in [1.82, 2.24) is 0 Å². The number of nitrogens with zero attached hydrogens (tertiary/aromatic N) is 1. The third-order valence-corrected chi connectivity index (χ3v) is 1.78. The number of hydrogen-bond acceptors (Lipinski definition) is 2. The van der Waals surface area contributed by atoms with Crippen LogP contribution in [0.25, 0.3) is 6.08 Å². The van der Waals surface area contributed by atoms with Crippen LogP contribution in [0.4, 0.5) is 13.2 Å². The molecule has 0 saturated heterocycles. The van der Waals surface area contributed by atoms with Crippen LogP contribution in [0.5, 0.6) is 0 Å². The summed E-state index contributed by atoms with van der Waals surface area (Å²) in [4.78, 5) is 10.0. The monoisotopic (exact) mass is 225 g/mol. The maximum atomic E-state index is 12.4. The summed E-state index contributed by atoms with van der Waals surface area (Å²) in [6.45, 7) is 0. The van der Waals surface area contributed by atoms with Gasteiger partial charge in [-0.3, -0.25) is 4.79 Å². The molecule has 0 bridgehead atoms. The largest absolute Gasteiger partial charge is 0.416 e. The second kappa shape index (κ2) is 4.62. The quantitative estimate of drug-likeness (QED) is 0.573. The summed E-state index contributed by atoms with van der Waals surface area (Å²) in [6, 6.07) is 4.55. The summed E-state index contributed by atoms with van der Waals surface area (Å²) >= 11 is 0. The van der Waals surface area contributed by atoms with Crippen LogP contribution in [0.15, 0.2) is 24.3 Å². The van der Waals surface area contributed by atoms with Crippen molar-refractivity contribution in [2.24, 2.45) is 0 Å². The summed E-state index contributed by atoms with van der Waals surface area (Å²) in [6.07, 6.45) is -1.78. The van der Waals surface area contributed by atoms with E-state index in [2.05, 4.69) is 0 Å². The lowest BCUT2D eigenvalue weighted by molar-refractivity contribution is -0.137. The van der Waals surface area contributed by atoms with Crippen molar-refractivity contribution >= 4 is 12.4 Å². The highest BCUT2D eigenvalue weighted by molar-refractivity contribution is 5.74. The molecular weight excluding hydrogens is 219 g/mol. The first kappa shape index (κ1) is 12.0. The molecule has 5 heteroatoms. The van der Waals surface area contributed by atoms with Gasteiger partial charge in [0.15, 0.2) is 0 Å². The molecule has 0 radical (unpaired) electrons. The van der Waals surface area contributed by atoms with Crippen molar-refractivity contribution in [3.63, 3.8) is 0 Å². The van der Waals surface area contributed by atoms with E-state index in [1.807, 2.05) is 0 Å². The number of alkyl halides is 3. The lowest BCUT2D eigenvalue weighted by atomic mass is 10.1. The molecule has 82 valence electrons. The Bertz CT molecular complexity index is 469. The second-order valence-electron chi connectivity index (χ2n) is 2.95. The van der Waals surface area contributed by atoms with E-state index in [4.69, 9.17) is 5.26 Å². The third kappa shape index (κ3) is 2.95. The average Bonchev–Trinajstić information content (AvgIpc) is 2.24. The minimum atomic E-state index is -4.50. The molecule has 0 atom stereocenters. The fraction of sp³-hybridized carbons (Fsp3) is 0.0909. The second-order valence-corrected chi connectivity index (χ2v) is 2.95. The van der Waals surface area contributed by atoms with E-state index in [9.17, 15) is 18.0 Å². The molecule has 0 aliphatic heterocycles. The van der Waals surface area contributed by atoms with Crippen molar-refractivity contribution in [3.05, 3.63) is 41.0 Å². The molecule has 0 spiro atoms. The van der Waals surface area contributed by atoms with Crippen LogP contribution in [0.2, 0.25) is 0 Å². The van der Waals surface area contributed by atoms with E-state index in [1.54, 1.807) is 6.07 Å². The maximum absolute atomic E-state index is 12.4. The van der Waals surface area contributed by atoms with Crippen LogP contribution in [-0.2, 0) is 11.0 Å². The number of benzene rings is 1. The predicted molar refractivity (Wildman–Crippen MR) is 51.3 cm³/mol. The minimum absolute atomic E-state index is 0.0969. The number of carbonyl (C=O) groups is 1. The van der Waals surface area contributed by atoms with Crippen molar-refractivity contribution in [1.29, 1.82) is 5.26 Å². The number of rotatable bonds is 2. The lowest BCUT2D eigenvalue weighted by Gasteiger charge is -2.07. The molecule has 0 N–H and O–H groups in total. The summed E-state index contributed by atoms with van der Waals surface area (Å²) in [7, 11) is 0. The molecule has 1 aromatic carbocycles. The van der Waals surface area contributed by atoms with Gasteiger partial charge in [-0.2, -0.15) is 18.4 Å². The number of allylic oxidation sites excluding steroid dienone is 1. The average molecular weight is 225 g/mol. The van der Waals surface area contributed by atoms with Gasteiger partial charge in [0.1, 0.15) is 6.29 Å². The molecule has 16 heavy (non-hydrogen) atoms. The fourth-order valence-electron chi connectivity index (χ4n) is 1.13. The predicted octanol–water partition coefficient (Wildman–Crippen LogP) is 2.79. The summed E-state index contributed by atoms with van der Waals surface area (Å²) in [5, 5.41) is 8.57. The normalized spacial score (nSPS) is 11.4. The number of carbonyl (C=O) groups excluding carboxylic acids is 1. The smallest absolute Gasteiger partial charge is 0.299 e. The van der Waals surface area contributed by atoms with Crippen LogP contribution in [0, 0.1) is 11.3 Å². The Morgan fingerprint density at radius 1 is 1.25 bits per heavy atom. The van der Waals surface area contributed by atoms with Crippen LogP contribution in [-0.4, -0.2) is 6.29 Å². The number of nitriles is 1. The zero-order valence-electron chi connectivity index (χ0n) is 7.95. The minimum Gasteiger partial charge on any atom is -0.299 e. The Balaban J connectivity index is 3.28. The van der Waals surface area contributed by atoms with Gasteiger partial charge in [-0.25, -0.2) is 0 Å². The summed E-state index contributed by atoms with van der Waals surface area (Å²) in [5.74, 6) is 0. The molecule has 0 unspecified atom stereocenters. The van der Waals surface area contributed by atoms with Gasteiger partial charge in [-0.15, -0.1) is 0 Å². The first-order chi connectivity index (χ1) is 7.47. The summed E-state index contributed by atoms with van der Waals surface area (Å²) in [5.41, 5.74) is -0.837. The van der Waals surface area contributed by atoms with Crippen molar-refractivity contribution in [3.8, 4) is 6.07 Å². The van der Waals surface area contributed by atoms with Gasteiger partial charge in [-0.1, -0.05) is 6.08 Å². The van der Waals surface area contributed by atoms with Gasteiger partial charge >= 0.3 is 6.18 Å². The molecule has 2 nitrogen and oxygen atoms in total. The van der Waals surface area contributed by atoms with E-state index < -0.39 is 11.7 Å². The topological polar surface area (TPSA) is 40.9 Å². The number of aldehydes is 1. The molecule has 0 amide bonds. The first-order valence-corrected chi connectivity index (χ1v) is 4.21. The van der Waals surface area contributed by atoms with Crippen molar-refractivity contribution in [2.75, 3.05) is 0 Å². The van der Waals surface area contributed by atoms with Gasteiger partial charge in [-0.05, 0) is 29.8 Å². The Morgan fingerprint density at radius 2 is 1.94 bits per heavy atom. The van der Waals surface area contributed by atoms with Crippen molar-refractivity contribution in [2.45, 2.75) is 6.18 Å². The molecule has 0 aromatic heterocycles. The van der Waals surface area contributed by atoms with E-state index in [-0.39, 0.29) is 11.1 Å². The zero-order valence-corrected chi connectivity index (χ0v) is 7.95. The molecule has 0 fully saturated rings. The first-order valence-electron chi connectivity index (χ1n) is 4.21. The van der Waals surface area contributed by atoms with E-state index >= 15 is 0 Å². The zero-order chi connectivity index (χ0) is 12.2. The van der Waals surface area contributed by atoms with Crippen LogP contribution in [0.3, 0.4) is 0 Å². The van der Waals surface area contributed by atoms with Gasteiger partial charge in [0, 0.05) is 0 Å². The molecule has 1 aromatic rings. The van der Waals surface area contributed by atoms with Crippen LogP contribution < -0.4 is 0 Å². The van der Waals surface area contributed by atoms with Crippen molar-refractivity contribution < 1.29 is 18.0 Å². The summed E-state index contributed by atoms with van der Waals surface area (Å²) < 4.78 is 37.2. The van der Waals surface area contributed by atoms with E-state index in [1.165, 1.54) is 12.1 Å². The Morgan fingerprint density at radius 3 is 2.44 bits per heavy atom. The number of hydrogen-bond donors (Lipinski definition) is 0. The van der Waals surface area contributed by atoms with Crippen LogP contribution in [0.1, 0.15) is 16.7 Å². The fourth-order valence-corrected chi connectivity index (χ4v) is 1.13. The third-order valence-electron chi connectivity index (χ3n) is 1.78. The van der Waals surface area contributed by atoms with Gasteiger partial charge < -0.3 is 0 Å². The Kier molecular flexibility index (Phi) is 3.46. The lowest BCUT2D eigenvalue weighted by Crippen LogP contribution is -2.05. The molecular formula is C11H6F3NO. The highest BCUT2D eigenvalue weighted by atomic mass is 19.4. The highest BCUT2D eigenvalue weighted by Crippen LogP contribution is 2.30.